The van der Waals surface area contributed by atoms with E-state index in [0.717, 1.165) is 13.1 Å². The van der Waals surface area contributed by atoms with E-state index in [1.165, 1.54) is 16.8 Å². The maximum absolute atomic E-state index is 3.44. The van der Waals surface area contributed by atoms with Crippen molar-refractivity contribution in [1.29, 1.82) is 0 Å². The minimum Gasteiger partial charge on any atom is -0.381 e. The number of nitrogens with one attached hydrogen (secondary N) is 1. The summed E-state index contributed by atoms with van der Waals surface area (Å²) >= 11 is 0. The molecule has 1 aromatic heterocycles. The number of pyridine rings is 1. The van der Waals surface area contributed by atoms with Gasteiger partial charge in [-0.25, -0.2) is 4.57 Å². The molecule has 2 nitrogen and oxygen atoms in total. The molecule has 1 heterocycles. The molecule has 0 radical (unpaired) electrons. The van der Waals surface area contributed by atoms with Crippen LogP contribution in [0.15, 0.2) is 48.8 Å². The number of nitrogens with zero attached hydrogens (tertiary/aromatic N) is 1. The second kappa shape index (κ2) is 5.48. The Balaban J connectivity index is 2.02. The van der Waals surface area contributed by atoms with Crippen LogP contribution in [0.25, 0.3) is 0 Å². The van der Waals surface area contributed by atoms with Gasteiger partial charge in [-0.3, -0.25) is 0 Å². The molecule has 2 rings (SSSR count). The van der Waals surface area contributed by atoms with Crippen molar-refractivity contribution in [2.75, 3.05) is 5.32 Å². The fourth-order valence-electron chi connectivity index (χ4n) is 1.84. The summed E-state index contributed by atoms with van der Waals surface area (Å²) in [4.78, 5) is 0. The molecule has 1 N–H and O–H groups in total. The average Bonchev–Trinajstić information content (AvgIpc) is 2.37. The summed E-state index contributed by atoms with van der Waals surface area (Å²) < 4.78 is 2.19. The fourth-order valence-corrected chi connectivity index (χ4v) is 1.84. The van der Waals surface area contributed by atoms with Crippen molar-refractivity contribution in [3.05, 3.63) is 59.9 Å². The molecule has 17 heavy (non-hydrogen) atoms. The highest BCUT2D eigenvalue weighted by Gasteiger charge is 2.00. The van der Waals surface area contributed by atoms with E-state index in [9.17, 15) is 0 Å². The number of hydrogen-bond acceptors (Lipinski definition) is 1. The summed E-state index contributed by atoms with van der Waals surface area (Å²) in [5.74, 6) is 0. The van der Waals surface area contributed by atoms with Gasteiger partial charge < -0.3 is 5.32 Å². The zero-order chi connectivity index (χ0) is 12.1. The molecule has 0 aliphatic heterocycles. The van der Waals surface area contributed by atoms with E-state index in [1.54, 1.807) is 0 Å². The van der Waals surface area contributed by atoms with Gasteiger partial charge in [-0.1, -0.05) is 12.1 Å². The van der Waals surface area contributed by atoms with Crippen LogP contribution >= 0.6 is 0 Å². The van der Waals surface area contributed by atoms with Gasteiger partial charge in [0.2, 0.25) is 0 Å². The SMILES string of the molecule is CC[n+]1cccc(CNc2cccc(C)c2)c1. The van der Waals surface area contributed by atoms with Gasteiger partial charge in [-0.2, -0.15) is 0 Å². The highest BCUT2D eigenvalue weighted by Crippen LogP contribution is 2.10. The summed E-state index contributed by atoms with van der Waals surface area (Å²) in [6.07, 6.45) is 4.28. The molecule has 0 aliphatic rings. The molecule has 0 aliphatic carbocycles. The topological polar surface area (TPSA) is 15.9 Å². The third-order valence-corrected chi connectivity index (χ3v) is 2.80. The largest absolute Gasteiger partial charge is 0.381 e. The predicted octanol–water partition coefficient (Wildman–Crippen LogP) is 2.91. The Bertz CT molecular complexity index is 492. The number of aryl methyl sites for hydroxylation is 2. The number of benzene rings is 1. The van der Waals surface area contributed by atoms with Crippen LogP contribution < -0.4 is 9.88 Å². The molecule has 0 saturated heterocycles. The zero-order valence-electron chi connectivity index (χ0n) is 10.5. The molecule has 2 aromatic rings. The maximum Gasteiger partial charge on any atom is 0.173 e. The lowest BCUT2D eigenvalue weighted by molar-refractivity contribution is -0.693. The van der Waals surface area contributed by atoms with Crippen LogP contribution in [0.3, 0.4) is 0 Å². The lowest BCUT2D eigenvalue weighted by atomic mass is 10.2. The molecule has 1 aromatic carbocycles. The van der Waals surface area contributed by atoms with E-state index in [0.29, 0.717) is 0 Å². The monoisotopic (exact) mass is 227 g/mol. The minimum absolute atomic E-state index is 0.865. The molecule has 0 amide bonds. The molecule has 0 spiro atoms. The third kappa shape index (κ3) is 3.31. The fraction of sp³-hybridized carbons (Fsp3) is 0.267. The predicted molar refractivity (Wildman–Crippen MR) is 70.8 cm³/mol. The van der Waals surface area contributed by atoms with E-state index < -0.39 is 0 Å². The molecule has 88 valence electrons. The van der Waals surface area contributed by atoms with Crippen molar-refractivity contribution in [1.82, 2.24) is 0 Å². The van der Waals surface area contributed by atoms with Crippen LogP contribution in [0, 0.1) is 6.92 Å². The Labute approximate surface area is 103 Å². The van der Waals surface area contributed by atoms with E-state index >= 15 is 0 Å². The normalized spacial score (nSPS) is 10.2. The van der Waals surface area contributed by atoms with Crippen molar-refractivity contribution < 1.29 is 4.57 Å². The van der Waals surface area contributed by atoms with E-state index in [-0.39, 0.29) is 0 Å². The van der Waals surface area contributed by atoms with E-state index in [4.69, 9.17) is 0 Å². The first-order valence-electron chi connectivity index (χ1n) is 6.06. The third-order valence-electron chi connectivity index (χ3n) is 2.80. The van der Waals surface area contributed by atoms with Gasteiger partial charge in [-0.05, 0) is 37.6 Å². The molecule has 0 unspecified atom stereocenters. The number of anilines is 1. The van der Waals surface area contributed by atoms with Gasteiger partial charge >= 0.3 is 0 Å². The van der Waals surface area contributed by atoms with Crippen LogP contribution in [0.1, 0.15) is 18.1 Å². The summed E-state index contributed by atoms with van der Waals surface area (Å²) in [6.45, 7) is 6.14. The van der Waals surface area contributed by atoms with Crippen LogP contribution in [0.2, 0.25) is 0 Å². The van der Waals surface area contributed by atoms with Gasteiger partial charge in [0.15, 0.2) is 12.4 Å². The number of aromatic nitrogens is 1. The maximum atomic E-state index is 3.44. The first-order chi connectivity index (χ1) is 8.28. The van der Waals surface area contributed by atoms with E-state index in [2.05, 4.69) is 72.5 Å². The highest BCUT2D eigenvalue weighted by atomic mass is 14.9. The van der Waals surface area contributed by atoms with Crippen LogP contribution in [0.4, 0.5) is 5.69 Å². The Kier molecular flexibility index (Phi) is 3.76. The highest BCUT2D eigenvalue weighted by molar-refractivity contribution is 5.45. The molecule has 0 fully saturated rings. The van der Waals surface area contributed by atoms with Crippen LogP contribution in [-0.2, 0) is 13.1 Å². The van der Waals surface area contributed by atoms with Crippen molar-refractivity contribution in [2.24, 2.45) is 0 Å². The Morgan fingerprint density at radius 2 is 2.06 bits per heavy atom. The smallest absolute Gasteiger partial charge is 0.173 e. The quantitative estimate of drug-likeness (QED) is 0.794. The van der Waals surface area contributed by atoms with Crippen LogP contribution in [-0.4, -0.2) is 0 Å². The first kappa shape index (κ1) is 11.6. The number of rotatable bonds is 4. The van der Waals surface area contributed by atoms with Gasteiger partial charge in [-0.15, -0.1) is 0 Å². The molecular weight excluding hydrogens is 208 g/mol. The summed E-state index contributed by atoms with van der Waals surface area (Å²) in [5.41, 5.74) is 3.76. The molecular formula is C15H19N2+. The zero-order valence-corrected chi connectivity index (χ0v) is 10.5. The van der Waals surface area contributed by atoms with Crippen LogP contribution in [0.5, 0.6) is 0 Å². The molecule has 0 atom stereocenters. The van der Waals surface area contributed by atoms with Gasteiger partial charge in [0, 0.05) is 23.9 Å². The van der Waals surface area contributed by atoms with Gasteiger partial charge in [0.1, 0.15) is 6.54 Å². The molecule has 0 saturated carbocycles. The summed E-state index contributed by atoms with van der Waals surface area (Å²) in [6, 6.07) is 12.7. The minimum atomic E-state index is 0.865. The lowest BCUT2D eigenvalue weighted by Crippen LogP contribution is -2.31. The van der Waals surface area contributed by atoms with Gasteiger partial charge in [0.05, 0.1) is 0 Å². The second-order valence-electron chi connectivity index (χ2n) is 4.27. The summed E-state index contributed by atoms with van der Waals surface area (Å²) in [7, 11) is 0. The Morgan fingerprint density at radius 3 is 2.82 bits per heavy atom. The lowest BCUT2D eigenvalue weighted by Gasteiger charge is -2.06. The average molecular weight is 227 g/mol. The number of hydrogen-bond donors (Lipinski definition) is 1. The van der Waals surface area contributed by atoms with Crippen molar-refractivity contribution in [3.8, 4) is 0 Å². The Morgan fingerprint density at radius 1 is 1.18 bits per heavy atom. The van der Waals surface area contributed by atoms with Gasteiger partial charge in [0.25, 0.3) is 0 Å². The van der Waals surface area contributed by atoms with Crippen molar-refractivity contribution in [3.63, 3.8) is 0 Å². The molecule has 2 heteroatoms. The van der Waals surface area contributed by atoms with E-state index in [1.807, 2.05) is 0 Å². The summed E-state index contributed by atoms with van der Waals surface area (Å²) in [5, 5.41) is 3.44. The standard InChI is InChI=1S/C15H19N2/c1-3-17-9-5-7-14(12-17)11-16-15-8-4-6-13(2)10-15/h4-10,12,16H,3,11H2,1-2H3/q+1. The first-order valence-corrected chi connectivity index (χ1v) is 6.06. The van der Waals surface area contributed by atoms with Crippen molar-refractivity contribution in [2.45, 2.75) is 26.9 Å². The molecule has 0 bridgehead atoms. The Hall–Kier alpha value is -1.83. The van der Waals surface area contributed by atoms with Crippen molar-refractivity contribution >= 4 is 5.69 Å². The second-order valence-corrected chi connectivity index (χ2v) is 4.27.